The third kappa shape index (κ3) is 3.65. The Balaban J connectivity index is 1.57. The first-order valence-electron chi connectivity index (χ1n) is 9.26. The maximum atomic E-state index is 12.6. The first-order chi connectivity index (χ1) is 14.1. The van der Waals surface area contributed by atoms with Gasteiger partial charge in [0.15, 0.2) is 6.61 Å². The van der Waals surface area contributed by atoms with Crippen LogP contribution in [-0.2, 0) is 11.2 Å². The second kappa shape index (κ2) is 7.67. The lowest BCUT2D eigenvalue weighted by Crippen LogP contribution is -2.20. The molecule has 4 rings (SSSR count). The second-order valence-electron chi connectivity index (χ2n) is 6.59. The first-order valence-corrected chi connectivity index (χ1v) is 9.26. The molecule has 1 amide bonds. The lowest BCUT2D eigenvalue weighted by atomic mass is 10.1. The molecule has 0 saturated heterocycles. The van der Waals surface area contributed by atoms with Crippen LogP contribution in [0.2, 0.25) is 0 Å². The minimum atomic E-state index is -0.328. The number of para-hydroxylation sites is 2. The van der Waals surface area contributed by atoms with E-state index in [1.165, 1.54) is 12.1 Å². The van der Waals surface area contributed by atoms with Crippen molar-refractivity contribution in [3.63, 3.8) is 0 Å². The molecule has 0 aliphatic carbocycles. The summed E-state index contributed by atoms with van der Waals surface area (Å²) in [5.41, 5.74) is 2.05. The van der Waals surface area contributed by atoms with Gasteiger partial charge < -0.3 is 19.6 Å². The normalized spacial score (nSPS) is 10.9. The smallest absolute Gasteiger partial charge is 0.262 e. The van der Waals surface area contributed by atoms with E-state index >= 15 is 0 Å². The van der Waals surface area contributed by atoms with E-state index in [1.807, 2.05) is 31.2 Å². The van der Waals surface area contributed by atoms with Crippen LogP contribution in [0.1, 0.15) is 12.5 Å². The molecular formula is C23H19NO5. The number of rotatable bonds is 5. The Morgan fingerprint density at radius 1 is 1.07 bits per heavy atom. The van der Waals surface area contributed by atoms with E-state index < -0.39 is 0 Å². The van der Waals surface area contributed by atoms with Gasteiger partial charge in [0.05, 0.1) is 5.39 Å². The molecule has 0 aliphatic heterocycles. The van der Waals surface area contributed by atoms with Crippen LogP contribution in [-0.4, -0.2) is 17.6 Å². The van der Waals surface area contributed by atoms with Gasteiger partial charge in [-0.1, -0.05) is 37.3 Å². The van der Waals surface area contributed by atoms with Crippen molar-refractivity contribution in [2.75, 3.05) is 11.9 Å². The second-order valence-corrected chi connectivity index (χ2v) is 6.59. The van der Waals surface area contributed by atoms with Crippen LogP contribution in [0.4, 0.5) is 5.69 Å². The van der Waals surface area contributed by atoms with E-state index in [-0.39, 0.29) is 40.4 Å². The zero-order chi connectivity index (χ0) is 20.4. The Bertz CT molecular complexity index is 1280. The number of fused-ring (bicyclic) bond motifs is 2. The molecule has 6 heteroatoms. The van der Waals surface area contributed by atoms with Gasteiger partial charge in [0.25, 0.3) is 5.91 Å². The molecule has 146 valence electrons. The average Bonchev–Trinajstić information content (AvgIpc) is 2.72. The van der Waals surface area contributed by atoms with Gasteiger partial charge in [0, 0.05) is 17.8 Å². The molecule has 0 aliphatic rings. The topological polar surface area (TPSA) is 88.8 Å². The van der Waals surface area contributed by atoms with Crippen molar-refractivity contribution >= 4 is 33.5 Å². The number of aromatic hydroxyl groups is 1. The molecule has 29 heavy (non-hydrogen) atoms. The molecule has 0 bridgehead atoms. The third-order valence-corrected chi connectivity index (χ3v) is 4.68. The van der Waals surface area contributed by atoms with Gasteiger partial charge in [-0.25, -0.2) is 0 Å². The van der Waals surface area contributed by atoms with E-state index in [9.17, 15) is 14.7 Å². The largest absolute Gasteiger partial charge is 0.507 e. The van der Waals surface area contributed by atoms with Gasteiger partial charge >= 0.3 is 0 Å². The third-order valence-electron chi connectivity index (χ3n) is 4.68. The van der Waals surface area contributed by atoms with Crippen molar-refractivity contribution in [3.8, 4) is 11.5 Å². The van der Waals surface area contributed by atoms with Crippen molar-refractivity contribution in [1.29, 1.82) is 0 Å². The number of benzene rings is 3. The van der Waals surface area contributed by atoms with Gasteiger partial charge in [-0.2, -0.15) is 0 Å². The van der Waals surface area contributed by atoms with E-state index in [0.717, 1.165) is 17.7 Å². The van der Waals surface area contributed by atoms with Crippen LogP contribution in [0.25, 0.3) is 21.9 Å². The zero-order valence-electron chi connectivity index (χ0n) is 15.8. The van der Waals surface area contributed by atoms with Crippen molar-refractivity contribution in [2.24, 2.45) is 0 Å². The van der Waals surface area contributed by atoms with Crippen molar-refractivity contribution in [2.45, 2.75) is 13.3 Å². The van der Waals surface area contributed by atoms with Gasteiger partial charge in [0.1, 0.15) is 28.1 Å². The zero-order valence-corrected chi connectivity index (χ0v) is 15.8. The number of phenolic OH excluding ortho intramolecular Hbond substituents is 1. The summed E-state index contributed by atoms with van der Waals surface area (Å²) in [5, 5.41) is 13.6. The highest BCUT2D eigenvalue weighted by atomic mass is 16.5. The molecule has 0 saturated carbocycles. The summed E-state index contributed by atoms with van der Waals surface area (Å²) in [6, 6.07) is 17.2. The Labute approximate surface area is 166 Å². The number of amides is 1. The SMILES string of the molecule is CCc1ccccc1NC(=O)COc1cc(O)c2c(=O)c3ccccc3oc2c1. The standard InChI is InChI=1S/C23H19NO5/c1-2-14-7-3-5-9-17(14)24-21(26)13-28-15-11-18(25)22-20(12-15)29-19-10-6-4-8-16(19)23(22)27/h3-12,25H,2,13H2,1H3,(H,24,26). The predicted octanol–water partition coefficient (Wildman–Crippen LogP) is 4.23. The monoisotopic (exact) mass is 389 g/mol. The van der Waals surface area contributed by atoms with Crippen LogP contribution in [0.15, 0.2) is 69.9 Å². The van der Waals surface area contributed by atoms with Crippen LogP contribution in [0, 0.1) is 0 Å². The van der Waals surface area contributed by atoms with Gasteiger partial charge in [-0.05, 0) is 30.2 Å². The van der Waals surface area contributed by atoms with Crippen molar-refractivity contribution in [3.05, 3.63) is 76.5 Å². The fourth-order valence-corrected chi connectivity index (χ4v) is 3.25. The first kappa shape index (κ1) is 18.6. The Morgan fingerprint density at radius 2 is 1.83 bits per heavy atom. The lowest BCUT2D eigenvalue weighted by molar-refractivity contribution is -0.118. The average molecular weight is 389 g/mol. The van der Waals surface area contributed by atoms with Crippen LogP contribution in [0.3, 0.4) is 0 Å². The molecular weight excluding hydrogens is 370 g/mol. The van der Waals surface area contributed by atoms with Crippen molar-refractivity contribution < 1.29 is 19.1 Å². The molecule has 1 aromatic heterocycles. The molecule has 0 fully saturated rings. The Hall–Kier alpha value is -3.80. The maximum Gasteiger partial charge on any atom is 0.262 e. The fourth-order valence-electron chi connectivity index (χ4n) is 3.25. The molecule has 2 N–H and O–H groups in total. The number of hydrogen-bond donors (Lipinski definition) is 2. The Kier molecular flexibility index (Phi) is 4.91. The van der Waals surface area contributed by atoms with Crippen LogP contribution in [0.5, 0.6) is 11.5 Å². The minimum Gasteiger partial charge on any atom is -0.507 e. The highest BCUT2D eigenvalue weighted by Gasteiger charge is 2.14. The number of carbonyl (C=O) groups is 1. The Morgan fingerprint density at radius 3 is 2.66 bits per heavy atom. The van der Waals surface area contributed by atoms with Crippen molar-refractivity contribution in [1.82, 2.24) is 0 Å². The number of ether oxygens (including phenoxy) is 1. The summed E-state index contributed by atoms with van der Waals surface area (Å²) in [6.45, 7) is 1.76. The molecule has 0 atom stereocenters. The molecule has 1 heterocycles. The van der Waals surface area contributed by atoms with Crippen LogP contribution >= 0.6 is 0 Å². The quantitative estimate of drug-likeness (QED) is 0.499. The number of nitrogens with one attached hydrogen (secondary N) is 1. The summed E-state index contributed by atoms with van der Waals surface area (Å²) in [6.07, 6.45) is 0.794. The molecule has 3 aromatic carbocycles. The molecule has 4 aromatic rings. The van der Waals surface area contributed by atoms with E-state index in [1.54, 1.807) is 24.3 Å². The number of carbonyl (C=O) groups excluding carboxylic acids is 1. The minimum absolute atomic E-state index is 0.0809. The summed E-state index contributed by atoms with van der Waals surface area (Å²) in [7, 11) is 0. The summed E-state index contributed by atoms with van der Waals surface area (Å²) in [4.78, 5) is 24.9. The van der Waals surface area contributed by atoms with Gasteiger partial charge in [0.2, 0.25) is 5.43 Å². The molecule has 0 radical (unpaired) electrons. The lowest BCUT2D eigenvalue weighted by Gasteiger charge is -2.11. The maximum absolute atomic E-state index is 12.6. The highest BCUT2D eigenvalue weighted by Crippen LogP contribution is 2.30. The number of phenols is 1. The summed E-state index contributed by atoms with van der Waals surface area (Å²) in [5.74, 6) is -0.355. The molecule has 0 spiro atoms. The summed E-state index contributed by atoms with van der Waals surface area (Å²) >= 11 is 0. The van der Waals surface area contributed by atoms with Crippen LogP contribution < -0.4 is 15.5 Å². The van der Waals surface area contributed by atoms with E-state index in [0.29, 0.717) is 11.0 Å². The molecule has 6 nitrogen and oxygen atoms in total. The highest BCUT2D eigenvalue weighted by molar-refractivity contribution is 5.94. The number of anilines is 1. The summed E-state index contributed by atoms with van der Waals surface area (Å²) < 4.78 is 11.3. The number of hydrogen-bond acceptors (Lipinski definition) is 5. The van der Waals surface area contributed by atoms with E-state index in [4.69, 9.17) is 9.15 Å². The van der Waals surface area contributed by atoms with Gasteiger partial charge in [-0.15, -0.1) is 0 Å². The van der Waals surface area contributed by atoms with Gasteiger partial charge in [-0.3, -0.25) is 9.59 Å². The van der Waals surface area contributed by atoms with E-state index in [2.05, 4.69) is 5.32 Å². The fraction of sp³-hybridized carbons (Fsp3) is 0.130. The predicted molar refractivity (Wildman–Crippen MR) is 112 cm³/mol. The number of aryl methyl sites for hydroxylation is 1. The molecule has 0 unspecified atom stereocenters.